The summed E-state index contributed by atoms with van der Waals surface area (Å²) in [4.78, 5) is 25.0. The Kier molecular flexibility index (Phi) is 4.45. The summed E-state index contributed by atoms with van der Waals surface area (Å²) in [7, 11) is 0. The molecule has 1 aromatic rings. The number of ketones is 2. The van der Waals surface area contributed by atoms with Crippen LogP contribution in [0, 0.1) is 17.3 Å². The van der Waals surface area contributed by atoms with Crippen LogP contribution in [0.25, 0.3) is 0 Å². The standard InChI is InChI=1S/C23H30O3/c1-3-4-5-20(24)18-13-17-14(12-21(18)25)6-7-16-15(17)10-11-23(2)19(16)8-9-22(23)26/h12-13,15-16,19,25H,3-11H2,1-2H3/t15-,16+,19-,23-/m0/s1. The number of aromatic hydroxyl groups is 1. The average Bonchev–Trinajstić information content (AvgIpc) is 2.94. The fraction of sp³-hybridized carbons (Fsp3) is 0.652. The highest BCUT2D eigenvalue weighted by Crippen LogP contribution is 2.59. The van der Waals surface area contributed by atoms with Crippen LogP contribution >= 0.6 is 0 Å². The number of phenolic OH excluding ortho intramolecular Hbond substituents is 1. The van der Waals surface area contributed by atoms with Gasteiger partial charge in [-0.1, -0.05) is 20.3 Å². The van der Waals surface area contributed by atoms with Crippen molar-refractivity contribution in [1.29, 1.82) is 0 Å². The Morgan fingerprint density at radius 1 is 1.23 bits per heavy atom. The predicted octanol–water partition coefficient (Wildman–Crippen LogP) is 5.19. The van der Waals surface area contributed by atoms with E-state index in [1.54, 1.807) is 0 Å². The third-order valence-corrected chi connectivity index (χ3v) is 7.61. The summed E-state index contributed by atoms with van der Waals surface area (Å²) >= 11 is 0. The molecule has 0 bridgehead atoms. The molecule has 1 aromatic carbocycles. The van der Waals surface area contributed by atoms with Crippen molar-refractivity contribution in [3.8, 4) is 5.75 Å². The Balaban J connectivity index is 1.67. The van der Waals surface area contributed by atoms with Gasteiger partial charge in [-0.15, -0.1) is 0 Å². The van der Waals surface area contributed by atoms with Gasteiger partial charge in [-0.3, -0.25) is 9.59 Å². The van der Waals surface area contributed by atoms with Crippen molar-refractivity contribution in [3.05, 3.63) is 28.8 Å². The van der Waals surface area contributed by atoms with Crippen LogP contribution in [0.1, 0.15) is 92.6 Å². The molecule has 0 heterocycles. The van der Waals surface area contributed by atoms with Crippen LogP contribution in [-0.2, 0) is 11.2 Å². The van der Waals surface area contributed by atoms with Gasteiger partial charge in [0, 0.05) is 18.3 Å². The third-order valence-electron chi connectivity index (χ3n) is 7.61. The minimum atomic E-state index is -0.116. The largest absolute Gasteiger partial charge is 0.507 e. The summed E-state index contributed by atoms with van der Waals surface area (Å²) in [6, 6.07) is 3.84. The second kappa shape index (κ2) is 6.51. The van der Waals surface area contributed by atoms with Crippen LogP contribution in [0.5, 0.6) is 5.75 Å². The number of phenols is 1. The van der Waals surface area contributed by atoms with Gasteiger partial charge < -0.3 is 5.11 Å². The number of fused-ring (bicyclic) bond motifs is 5. The number of rotatable bonds is 4. The lowest BCUT2D eigenvalue weighted by Crippen LogP contribution is -2.42. The van der Waals surface area contributed by atoms with E-state index in [4.69, 9.17) is 0 Å². The summed E-state index contributed by atoms with van der Waals surface area (Å²) < 4.78 is 0. The molecule has 0 radical (unpaired) electrons. The summed E-state index contributed by atoms with van der Waals surface area (Å²) in [6.07, 6.45) is 8.19. The van der Waals surface area contributed by atoms with Crippen molar-refractivity contribution in [2.24, 2.45) is 17.3 Å². The van der Waals surface area contributed by atoms with E-state index in [-0.39, 0.29) is 16.9 Å². The molecule has 2 saturated carbocycles. The minimum Gasteiger partial charge on any atom is -0.507 e. The fourth-order valence-corrected chi connectivity index (χ4v) is 6.07. The SMILES string of the molecule is CCCCC(=O)c1cc2c(cc1O)CC[C@@H]1[C@@H]2CC[C@]2(C)C(=O)CC[C@@H]12. The van der Waals surface area contributed by atoms with Gasteiger partial charge in [-0.25, -0.2) is 0 Å². The summed E-state index contributed by atoms with van der Waals surface area (Å²) in [5, 5.41) is 10.4. The zero-order valence-corrected chi connectivity index (χ0v) is 16.0. The molecule has 4 atom stereocenters. The topological polar surface area (TPSA) is 54.4 Å². The molecule has 3 nitrogen and oxygen atoms in total. The molecule has 2 fully saturated rings. The van der Waals surface area contributed by atoms with Crippen molar-refractivity contribution in [2.75, 3.05) is 0 Å². The quantitative estimate of drug-likeness (QED) is 0.757. The number of benzene rings is 1. The smallest absolute Gasteiger partial charge is 0.166 e. The van der Waals surface area contributed by atoms with Crippen LogP contribution in [0.2, 0.25) is 0 Å². The van der Waals surface area contributed by atoms with Crippen molar-refractivity contribution >= 4 is 11.6 Å². The normalized spacial score (nSPS) is 32.7. The van der Waals surface area contributed by atoms with Crippen molar-refractivity contribution in [1.82, 2.24) is 0 Å². The van der Waals surface area contributed by atoms with E-state index < -0.39 is 0 Å². The molecule has 140 valence electrons. The second-order valence-corrected chi connectivity index (χ2v) is 8.93. The van der Waals surface area contributed by atoms with Gasteiger partial charge in [-0.2, -0.15) is 0 Å². The highest BCUT2D eigenvalue weighted by atomic mass is 16.3. The number of carbonyl (C=O) groups excluding carboxylic acids is 2. The van der Waals surface area contributed by atoms with Crippen LogP contribution in [-0.4, -0.2) is 16.7 Å². The third kappa shape index (κ3) is 2.62. The molecule has 3 aliphatic rings. The molecule has 0 saturated heterocycles. The zero-order chi connectivity index (χ0) is 18.5. The number of hydrogen-bond acceptors (Lipinski definition) is 3. The van der Waals surface area contributed by atoms with Gasteiger partial charge in [0.2, 0.25) is 0 Å². The zero-order valence-electron chi connectivity index (χ0n) is 16.0. The van der Waals surface area contributed by atoms with E-state index >= 15 is 0 Å². The molecular formula is C23H30O3. The first kappa shape index (κ1) is 17.8. The first-order chi connectivity index (χ1) is 12.5. The van der Waals surface area contributed by atoms with Crippen molar-refractivity contribution < 1.29 is 14.7 Å². The summed E-state index contributed by atoms with van der Waals surface area (Å²) in [6.45, 7) is 4.27. The lowest BCUT2D eigenvalue weighted by atomic mass is 9.55. The number of unbranched alkanes of at least 4 members (excludes halogenated alkanes) is 1. The molecule has 1 N–H and O–H groups in total. The number of aryl methyl sites for hydroxylation is 1. The van der Waals surface area contributed by atoms with Crippen molar-refractivity contribution in [2.45, 2.75) is 77.6 Å². The van der Waals surface area contributed by atoms with Gasteiger partial charge in [0.1, 0.15) is 11.5 Å². The summed E-state index contributed by atoms with van der Waals surface area (Å²) in [5.41, 5.74) is 2.88. The molecule has 0 unspecified atom stereocenters. The highest BCUT2D eigenvalue weighted by Gasteiger charge is 2.54. The second-order valence-electron chi connectivity index (χ2n) is 8.93. The average molecular weight is 354 g/mol. The molecule has 0 spiro atoms. The Hall–Kier alpha value is -1.64. The maximum atomic E-state index is 12.5. The van der Waals surface area contributed by atoms with Gasteiger partial charge in [0.05, 0.1) is 5.56 Å². The minimum absolute atomic E-state index is 0.0611. The van der Waals surface area contributed by atoms with E-state index in [0.717, 1.165) is 51.4 Å². The van der Waals surface area contributed by atoms with Crippen LogP contribution in [0.3, 0.4) is 0 Å². The van der Waals surface area contributed by atoms with Crippen LogP contribution in [0.15, 0.2) is 12.1 Å². The maximum Gasteiger partial charge on any atom is 0.166 e. The molecular weight excluding hydrogens is 324 g/mol. The van der Waals surface area contributed by atoms with Crippen LogP contribution < -0.4 is 0 Å². The lowest BCUT2D eigenvalue weighted by molar-refractivity contribution is -0.129. The Labute approximate surface area is 156 Å². The molecule has 3 aliphatic carbocycles. The van der Waals surface area contributed by atoms with E-state index in [9.17, 15) is 14.7 Å². The maximum absolute atomic E-state index is 12.5. The van der Waals surface area contributed by atoms with Gasteiger partial charge >= 0.3 is 0 Å². The van der Waals surface area contributed by atoms with Crippen molar-refractivity contribution in [3.63, 3.8) is 0 Å². The molecule has 0 aliphatic heterocycles. The predicted molar refractivity (Wildman–Crippen MR) is 102 cm³/mol. The monoisotopic (exact) mass is 354 g/mol. The Morgan fingerprint density at radius 3 is 2.81 bits per heavy atom. The van der Waals surface area contributed by atoms with E-state index in [2.05, 4.69) is 13.8 Å². The number of carbonyl (C=O) groups is 2. The molecule has 0 amide bonds. The van der Waals surface area contributed by atoms with E-state index in [0.29, 0.717) is 35.5 Å². The Bertz CT molecular complexity index is 750. The number of hydrogen-bond donors (Lipinski definition) is 1. The lowest BCUT2D eigenvalue weighted by Gasteiger charge is -2.48. The first-order valence-corrected chi connectivity index (χ1v) is 10.4. The van der Waals surface area contributed by atoms with Gasteiger partial charge in [0.15, 0.2) is 5.78 Å². The highest BCUT2D eigenvalue weighted by molar-refractivity contribution is 5.99. The van der Waals surface area contributed by atoms with Crippen LogP contribution in [0.4, 0.5) is 0 Å². The van der Waals surface area contributed by atoms with E-state index in [1.165, 1.54) is 11.1 Å². The van der Waals surface area contributed by atoms with E-state index in [1.807, 2.05) is 12.1 Å². The molecule has 26 heavy (non-hydrogen) atoms. The first-order valence-electron chi connectivity index (χ1n) is 10.4. The van der Waals surface area contributed by atoms with Gasteiger partial charge in [0.25, 0.3) is 0 Å². The molecule has 3 heteroatoms. The summed E-state index contributed by atoms with van der Waals surface area (Å²) in [5.74, 6) is 2.17. The fourth-order valence-electron chi connectivity index (χ4n) is 6.07. The van der Waals surface area contributed by atoms with Gasteiger partial charge in [-0.05, 0) is 79.5 Å². The Morgan fingerprint density at radius 2 is 2.04 bits per heavy atom. The molecule has 0 aromatic heterocycles. The molecule has 4 rings (SSSR count). The number of Topliss-reactive ketones (excluding diaryl/α,β-unsaturated/α-hetero) is 2.